The van der Waals surface area contributed by atoms with Crippen molar-refractivity contribution < 1.29 is 5.11 Å². The van der Waals surface area contributed by atoms with Crippen LogP contribution in [0.15, 0.2) is 4.99 Å². The van der Waals surface area contributed by atoms with Gasteiger partial charge in [0.25, 0.3) is 0 Å². The maximum Gasteiger partial charge on any atom is 0.188 e. The largest absolute Gasteiger partial charge is 0.393 e. The molecule has 0 aromatic carbocycles. The van der Waals surface area contributed by atoms with Gasteiger partial charge >= 0.3 is 0 Å². The van der Waals surface area contributed by atoms with Gasteiger partial charge < -0.3 is 16.2 Å². The first kappa shape index (κ1) is 13.3. The minimum atomic E-state index is -0.0923. The number of guanidine groups is 1. The highest BCUT2D eigenvalue weighted by Crippen LogP contribution is 2.24. The number of nitrogens with one attached hydrogen (secondary N) is 1. The highest BCUT2D eigenvalue weighted by molar-refractivity contribution is 5.78. The van der Waals surface area contributed by atoms with Gasteiger partial charge in [0.2, 0.25) is 0 Å². The summed E-state index contributed by atoms with van der Waals surface area (Å²) in [6, 6.07) is 0. The SMILES string of the molecule is CC(C)(C)NC(N)=NCC1CCC(O)CC1. The van der Waals surface area contributed by atoms with Gasteiger partial charge in [0.05, 0.1) is 6.10 Å². The molecule has 0 saturated heterocycles. The van der Waals surface area contributed by atoms with Crippen LogP contribution in [0.3, 0.4) is 0 Å². The molecule has 0 aromatic rings. The summed E-state index contributed by atoms with van der Waals surface area (Å²) in [6.07, 6.45) is 3.85. The average Bonchev–Trinajstić information content (AvgIpc) is 2.14. The third kappa shape index (κ3) is 5.35. The second-order valence-corrected chi connectivity index (χ2v) is 5.78. The number of hydrogen-bond acceptors (Lipinski definition) is 2. The number of rotatable bonds is 2. The number of aliphatic hydroxyl groups excluding tert-OH is 1. The molecule has 0 spiro atoms. The lowest BCUT2D eigenvalue weighted by Gasteiger charge is -2.25. The molecule has 1 rings (SSSR count). The Bertz CT molecular complexity index is 237. The van der Waals surface area contributed by atoms with E-state index in [0.29, 0.717) is 11.9 Å². The highest BCUT2D eigenvalue weighted by Gasteiger charge is 2.19. The van der Waals surface area contributed by atoms with Gasteiger partial charge in [-0.25, -0.2) is 0 Å². The molecule has 4 nitrogen and oxygen atoms in total. The van der Waals surface area contributed by atoms with E-state index in [1.807, 2.05) is 0 Å². The first-order chi connectivity index (χ1) is 7.37. The molecule has 0 aromatic heterocycles. The van der Waals surface area contributed by atoms with Crippen molar-refractivity contribution >= 4 is 5.96 Å². The second-order valence-electron chi connectivity index (χ2n) is 5.78. The Morgan fingerprint density at radius 3 is 2.38 bits per heavy atom. The summed E-state index contributed by atoms with van der Waals surface area (Å²) in [5, 5.41) is 12.5. The predicted molar refractivity (Wildman–Crippen MR) is 67.3 cm³/mol. The number of hydrogen-bond donors (Lipinski definition) is 3. The molecular formula is C12H25N3O. The third-order valence-corrected chi connectivity index (χ3v) is 2.84. The normalized spacial score (nSPS) is 27.9. The highest BCUT2D eigenvalue weighted by atomic mass is 16.3. The van der Waals surface area contributed by atoms with E-state index < -0.39 is 0 Å². The minimum absolute atomic E-state index is 0.0314. The van der Waals surface area contributed by atoms with Crippen LogP contribution in [0.1, 0.15) is 46.5 Å². The van der Waals surface area contributed by atoms with Crippen molar-refractivity contribution in [2.24, 2.45) is 16.6 Å². The van der Waals surface area contributed by atoms with Gasteiger partial charge in [-0.05, 0) is 52.4 Å². The summed E-state index contributed by atoms with van der Waals surface area (Å²) in [4.78, 5) is 4.36. The summed E-state index contributed by atoms with van der Waals surface area (Å²) in [7, 11) is 0. The summed E-state index contributed by atoms with van der Waals surface area (Å²) < 4.78 is 0. The topological polar surface area (TPSA) is 70.6 Å². The van der Waals surface area contributed by atoms with Crippen LogP contribution in [0.5, 0.6) is 0 Å². The summed E-state index contributed by atoms with van der Waals surface area (Å²) in [5.74, 6) is 1.11. The maximum absolute atomic E-state index is 9.38. The molecule has 1 aliphatic carbocycles. The number of aliphatic hydroxyl groups is 1. The number of nitrogens with two attached hydrogens (primary N) is 1. The monoisotopic (exact) mass is 227 g/mol. The molecule has 1 aliphatic rings. The van der Waals surface area contributed by atoms with Crippen LogP contribution in [-0.2, 0) is 0 Å². The molecule has 0 aliphatic heterocycles. The van der Waals surface area contributed by atoms with Crippen molar-refractivity contribution in [1.82, 2.24) is 5.32 Å². The lowest BCUT2D eigenvalue weighted by atomic mass is 9.88. The molecule has 0 radical (unpaired) electrons. The van der Waals surface area contributed by atoms with Crippen LogP contribution in [-0.4, -0.2) is 29.3 Å². The molecule has 94 valence electrons. The molecule has 0 bridgehead atoms. The molecule has 4 heteroatoms. The fourth-order valence-corrected chi connectivity index (χ4v) is 1.98. The molecular weight excluding hydrogens is 202 g/mol. The first-order valence-electron chi connectivity index (χ1n) is 6.13. The van der Waals surface area contributed by atoms with E-state index in [9.17, 15) is 5.11 Å². The van der Waals surface area contributed by atoms with Crippen molar-refractivity contribution in [2.75, 3.05) is 6.54 Å². The van der Waals surface area contributed by atoms with E-state index in [-0.39, 0.29) is 11.6 Å². The van der Waals surface area contributed by atoms with Crippen LogP contribution in [0.2, 0.25) is 0 Å². The third-order valence-electron chi connectivity index (χ3n) is 2.84. The first-order valence-corrected chi connectivity index (χ1v) is 6.13. The van der Waals surface area contributed by atoms with Gasteiger partial charge in [0, 0.05) is 12.1 Å². The van der Waals surface area contributed by atoms with Gasteiger partial charge in [0.15, 0.2) is 5.96 Å². The Morgan fingerprint density at radius 1 is 1.31 bits per heavy atom. The molecule has 0 amide bonds. The molecule has 0 atom stereocenters. The molecule has 1 saturated carbocycles. The van der Waals surface area contributed by atoms with Crippen molar-refractivity contribution in [1.29, 1.82) is 0 Å². The fourth-order valence-electron chi connectivity index (χ4n) is 1.98. The van der Waals surface area contributed by atoms with E-state index in [1.54, 1.807) is 0 Å². The van der Waals surface area contributed by atoms with E-state index in [4.69, 9.17) is 5.73 Å². The zero-order valence-corrected chi connectivity index (χ0v) is 10.7. The van der Waals surface area contributed by atoms with Crippen LogP contribution in [0.25, 0.3) is 0 Å². The second kappa shape index (κ2) is 5.53. The lowest BCUT2D eigenvalue weighted by Crippen LogP contribution is -2.45. The van der Waals surface area contributed by atoms with E-state index >= 15 is 0 Å². The summed E-state index contributed by atoms with van der Waals surface area (Å²) in [5.41, 5.74) is 5.76. The van der Waals surface area contributed by atoms with Gasteiger partial charge in [-0.3, -0.25) is 4.99 Å². The number of nitrogens with zero attached hydrogens (tertiary/aromatic N) is 1. The molecule has 0 heterocycles. The Kier molecular flexibility index (Phi) is 4.59. The van der Waals surface area contributed by atoms with Crippen molar-refractivity contribution in [3.63, 3.8) is 0 Å². The van der Waals surface area contributed by atoms with Gasteiger partial charge in [0.1, 0.15) is 0 Å². The zero-order chi connectivity index (χ0) is 12.2. The van der Waals surface area contributed by atoms with E-state index in [1.165, 1.54) is 0 Å². The van der Waals surface area contributed by atoms with Crippen LogP contribution >= 0.6 is 0 Å². The standard InChI is InChI=1S/C12H25N3O/c1-12(2,3)15-11(13)14-8-9-4-6-10(16)7-5-9/h9-10,16H,4-8H2,1-3H3,(H3,13,14,15). The Hall–Kier alpha value is -0.770. The summed E-state index contributed by atoms with van der Waals surface area (Å²) >= 11 is 0. The van der Waals surface area contributed by atoms with Gasteiger partial charge in [-0.1, -0.05) is 0 Å². The van der Waals surface area contributed by atoms with E-state index in [0.717, 1.165) is 32.2 Å². The van der Waals surface area contributed by atoms with E-state index in [2.05, 4.69) is 31.1 Å². The zero-order valence-electron chi connectivity index (χ0n) is 10.7. The Labute approximate surface area is 98.3 Å². The molecule has 0 unspecified atom stereocenters. The fraction of sp³-hybridized carbons (Fsp3) is 0.917. The average molecular weight is 227 g/mol. The number of aliphatic imine (C=N–C) groups is 1. The van der Waals surface area contributed by atoms with Crippen molar-refractivity contribution in [2.45, 2.75) is 58.1 Å². The Morgan fingerprint density at radius 2 is 1.88 bits per heavy atom. The van der Waals surface area contributed by atoms with Gasteiger partial charge in [-0.15, -0.1) is 0 Å². The smallest absolute Gasteiger partial charge is 0.188 e. The predicted octanol–water partition coefficient (Wildman–Crippen LogP) is 1.24. The maximum atomic E-state index is 9.38. The van der Waals surface area contributed by atoms with Crippen molar-refractivity contribution in [3.05, 3.63) is 0 Å². The summed E-state index contributed by atoms with van der Waals surface area (Å²) in [6.45, 7) is 6.96. The lowest BCUT2D eigenvalue weighted by molar-refractivity contribution is 0.110. The molecule has 16 heavy (non-hydrogen) atoms. The quantitative estimate of drug-likeness (QED) is 0.491. The Balaban J connectivity index is 2.30. The van der Waals surface area contributed by atoms with Crippen LogP contribution in [0.4, 0.5) is 0 Å². The van der Waals surface area contributed by atoms with Crippen molar-refractivity contribution in [3.8, 4) is 0 Å². The van der Waals surface area contributed by atoms with Crippen LogP contribution < -0.4 is 11.1 Å². The minimum Gasteiger partial charge on any atom is -0.393 e. The molecule has 4 N–H and O–H groups in total. The molecule has 1 fully saturated rings. The van der Waals surface area contributed by atoms with Gasteiger partial charge in [-0.2, -0.15) is 0 Å². The van der Waals surface area contributed by atoms with Crippen LogP contribution in [0, 0.1) is 5.92 Å².